The molecule has 1 unspecified atom stereocenters. The Morgan fingerprint density at radius 3 is 2.21 bits per heavy atom. The molecule has 0 bridgehead atoms. The van der Waals surface area contributed by atoms with Gasteiger partial charge in [-0.1, -0.05) is 36.9 Å². The van der Waals surface area contributed by atoms with E-state index in [0.717, 1.165) is 0 Å². The van der Waals surface area contributed by atoms with Crippen molar-refractivity contribution in [2.75, 3.05) is 6.61 Å². The summed E-state index contributed by atoms with van der Waals surface area (Å²) in [6.07, 6.45) is 1.27. The summed E-state index contributed by atoms with van der Waals surface area (Å²) in [5.41, 5.74) is -0.589. The zero-order valence-corrected chi connectivity index (χ0v) is 15.2. The van der Waals surface area contributed by atoms with Crippen LogP contribution in [0.25, 0.3) is 0 Å². The Morgan fingerprint density at radius 2 is 1.62 bits per heavy atom. The molecular formula is C22H16O7. The van der Waals surface area contributed by atoms with Crippen molar-refractivity contribution in [2.24, 2.45) is 0 Å². The molecule has 0 fully saturated rings. The maximum atomic E-state index is 13.0. The average Bonchev–Trinajstić information content (AvgIpc) is 2.72. The molecule has 0 aromatic heterocycles. The van der Waals surface area contributed by atoms with E-state index < -0.39 is 46.3 Å². The number of carbonyl (C=O) groups is 4. The molecule has 2 aromatic carbocycles. The van der Waals surface area contributed by atoms with Crippen molar-refractivity contribution < 1.29 is 34.1 Å². The normalized spacial score (nSPS) is 17.2. The van der Waals surface area contributed by atoms with Crippen molar-refractivity contribution in [1.29, 1.82) is 0 Å². The number of carbonyl (C=O) groups excluding carboxylic acids is 4. The standard InChI is InChI=1S/C22H16O7/c1-2-9-29-22(28)15-13(23)8-7-12-14(15)21(27)17-16(20(12)26)18(24)10-5-3-4-6-11(10)19(17)25/h2-6,15,26-27H,1,7-9H2. The van der Waals surface area contributed by atoms with Gasteiger partial charge in [0.25, 0.3) is 0 Å². The van der Waals surface area contributed by atoms with Gasteiger partial charge in [0.2, 0.25) is 0 Å². The van der Waals surface area contributed by atoms with Crippen molar-refractivity contribution in [3.63, 3.8) is 0 Å². The lowest BCUT2D eigenvalue weighted by Crippen LogP contribution is -2.31. The average molecular weight is 392 g/mol. The molecule has 0 spiro atoms. The Kier molecular flexibility index (Phi) is 4.30. The third kappa shape index (κ3) is 2.58. The van der Waals surface area contributed by atoms with Crippen LogP contribution in [0.15, 0.2) is 36.9 Å². The van der Waals surface area contributed by atoms with Crippen LogP contribution in [0.4, 0.5) is 0 Å². The van der Waals surface area contributed by atoms with Gasteiger partial charge in [0.1, 0.15) is 24.0 Å². The van der Waals surface area contributed by atoms with Crippen LogP contribution in [-0.4, -0.2) is 40.1 Å². The van der Waals surface area contributed by atoms with E-state index >= 15 is 0 Å². The maximum absolute atomic E-state index is 13.0. The minimum absolute atomic E-state index is 0.0230. The van der Waals surface area contributed by atoms with Gasteiger partial charge in [-0.25, -0.2) is 0 Å². The minimum atomic E-state index is -1.49. The van der Waals surface area contributed by atoms with E-state index in [1.54, 1.807) is 12.1 Å². The highest BCUT2D eigenvalue weighted by molar-refractivity contribution is 6.30. The molecule has 0 heterocycles. The molecule has 146 valence electrons. The summed E-state index contributed by atoms with van der Waals surface area (Å²) in [6.45, 7) is 3.30. The first kappa shape index (κ1) is 18.6. The zero-order valence-electron chi connectivity index (χ0n) is 15.2. The molecule has 0 saturated carbocycles. The second-order valence-electron chi connectivity index (χ2n) is 6.86. The number of Topliss-reactive ketones (excluding diaryl/α,β-unsaturated/α-hetero) is 1. The topological polar surface area (TPSA) is 118 Å². The monoisotopic (exact) mass is 392 g/mol. The fourth-order valence-electron chi connectivity index (χ4n) is 3.97. The van der Waals surface area contributed by atoms with E-state index in [1.165, 1.54) is 18.2 Å². The number of hydrogen-bond donors (Lipinski definition) is 2. The quantitative estimate of drug-likeness (QED) is 0.304. The van der Waals surface area contributed by atoms with Crippen LogP contribution in [0.2, 0.25) is 0 Å². The van der Waals surface area contributed by atoms with Crippen molar-refractivity contribution >= 4 is 23.3 Å². The summed E-state index contributed by atoms with van der Waals surface area (Å²) in [5, 5.41) is 21.7. The molecule has 2 aromatic rings. The lowest BCUT2D eigenvalue weighted by molar-refractivity contribution is -0.147. The molecule has 2 aliphatic rings. The minimum Gasteiger partial charge on any atom is -0.507 e. The second kappa shape index (κ2) is 6.70. The first-order valence-electron chi connectivity index (χ1n) is 8.97. The van der Waals surface area contributed by atoms with E-state index in [0.29, 0.717) is 0 Å². The lowest BCUT2D eigenvalue weighted by Gasteiger charge is -2.29. The van der Waals surface area contributed by atoms with Crippen molar-refractivity contribution in [3.05, 3.63) is 70.3 Å². The molecule has 4 rings (SSSR count). The number of ether oxygens (including phenoxy) is 1. The zero-order chi connectivity index (χ0) is 20.9. The van der Waals surface area contributed by atoms with Gasteiger partial charge >= 0.3 is 5.97 Å². The van der Waals surface area contributed by atoms with Crippen LogP contribution in [0.1, 0.15) is 55.3 Å². The summed E-state index contributed by atoms with van der Waals surface area (Å²) in [5.74, 6) is -5.31. The molecule has 7 nitrogen and oxygen atoms in total. The highest BCUT2D eigenvalue weighted by Crippen LogP contribution is 2.48. The van der Waals surface area contributed by atoms with E-state index in [-0.39, 0.29) is 47.3 Å². The highest BCUT2D eigenvalue weighted by Gasteiger charge is 2.44. The van der Waals surface area contributed by atoms with Gasteiger partial charge in [-0.3, -0.25) is 19.2 Å². The predicted octanol–water partition coefficient (Wildman–Crippen LogP) is 2.20. The molecule has 0 saturated heterocycles. The van der Waals surface area contributed by atoms with Crippen LogP contribution < -0.4 is 0 Å². The molecule has 1 atom stereocenters. The first-order valence-corrected chi connectivity index (χ1v) is 8.97. The van der Waals surface area contributed by atoms with Crippen LogP contribution >= 0.6 is 0 Å². The van der Waals surface area contributed by atoms with E-state index in [9.17, 15) is 29.4 Å². The molecule has 7 heteroatoms. The Labute approximate surface area is 165 Å². The first-order chi connectivity index (χ1) is 13.9. The number of esters is 1. The number of rotatable bonds is 3. The molecule has 29 heavy (non-hydrogen) atoms. The van der Waals surface area contributed by atoms with Gasteiger partial charge < -0.3 is 14.9 Å². The fourth-order valence-corrected chi connectivity index (χ4v) is 3.97. The summed E-state index contributed by atoms with van der Waals surface area (Å²) in [7, 11) is 0. The second-order valence-corrected chi connectivity index (χ2v) is 6.86. The van der Waals surface area contributed by atoms with Crippen LogP contribution in [0.3, 0.4) is 0 Å². The largest absolute Gasteiger partial charge is 0.507 e. The highest BCUT2D eigenvalue weighted by atomic mass is 16.5. The Balaban J connectivity index is 1.98. The number of ketones is 3. The Bertz CT molecular complexity index is 1130. The number of hydrogen-bond acceptors (Lipinski definition) is 7. The van der Waals surface area contributed by atoms with Crippen molar-refractivity contribution in [2.45, 2.75) is 18.8 Å². The van der Waals surface area contributed by atoms with Gasteiger partial charge in [0.05, 0.1) is 11.1 Å². The van der Waals surface area contributed by atoms with E-state index in [2.05, 4.69) is 6.58 Å². The number of aromatic hydroxyl groups is 2. The molecule has 2 N–H and O–H groups in total. The predicted molar refractivity (Wildman–Crippen MR) is 100 cm³/mol. The summed E-state index contributed by atoms with van der Waals surface area (Å²) in [6, 6.07) is 6.07. The molecular weight excluding hydrogens is 376 g/mol. The maximum Gasteiger partial charge on any atom is 0.321 e. The molecule has 0 radical (unpaired) electrons. The van der Waals surface area contributed by atoms with E-state index in [1.807, 2.05) is 0 Å². The summed E-state index contributed by atoms with van der Waals surface area (Å²) >= 11 is 0. The Hall–Kier alpha value is -3.74. The van der Waals surface area contributed by atoms with Gasteiger partial charge in [-0.15, -0.1) is 0 Å². The van der Waals surface area contributed by atoms with Gasteiger partial charge in [0, 0.05) is 28.7 Å². The molecule has 0 amide bonds. The van der Waals surface area contributed by atoms with Gasteiger partial charge in [0.15, 0.2) is 17.3 Å². The number of phenols is 2. The van der Waals surface area contributed by atoms with Crippen LogP contribution in [0.5, 0.6) is 11.5 Å². The SMILES string of the molecule is C=CCOC(=O)C1C(=O)CCc2c(O)c3c(c(O)c21)C(=O)c1ccccc1C3=O. The number of phenolic OH excluding ortho intramolecular Hbond substituents is 2. The van der Waals surface area contributed by atoms with Gasteiger partial charge in [-0.05, 0) is 6.42 Å². The van der Waals surface area contributed by atoms with E-state index in [4.69, 9.17) is 4.74 Å². The lowest BCUT2D eigenvalue weighted by atomic mass is 9.74. The van der Waals surface area contributed by atoms with Crippen molar-refractivity contribution in [3.8, 4) is 11.5 Å². The molecule has 0 aliphatic heterocycles. The summed E-state index contributed by atoms with van der Waals surface area (Å²) < 4.78 is 4.98. The smallest absolute Gasteiger partial charge is 0.321 e. The third-order valence-electron chi connectivity index (χ3n) is 5.27. The third-order valence-corrected chi connectivity index (χ3v) is 5.27. The Morgan fingerprint density at radius 1 is 1.03 bits per heavy atom. The summed E-state index contributed by atoms with van der Waals surface area (Å²) in [4.78, 5) is 50.9. The molecule has 2 aliphatic carbocycles. The number of benzene rings is 2. The van der Waals surface area contributed by atoms with Crippen LogP contribution in [0, 0.1) is 0 Å². The van der Waals surface area contributed by atoms with Gasteiger partial charge in [-0.2, -0.15) is 0 Å². The number of fused-ring (bicyclic) bond motifs is 3. The van der Waals surface area contributed by atoms with Crippen molar-refractivity contribution in [1.82, 2.24) is 0 Å². The fraction of sp³-hybridized carbons (Fsp3) is 0.182. The van der Waals surface area contributed by atoms with Crippen LogP contribution in [-0.2, 0) is 20.7 Å².